The topological polar surface area (TPSA) is 184 Å². The highest BCUT2D eigenvalue weighted by atomic mass is 79.9. The standard InChI is InChI=1S/C14H14Br2N14/c1-5(17)9(15)6(2)18-11-19-21-12(22-20-11)23-24-13-25-27-14(28-26-13)30-8(4)10(16)7(3)29-30/h17H2,1-4H3. The number of hydrogen-bond acceptors (Lipinski definition) is 13. The molecule has 0 aliphatic carbocycles. The highest BCUT2D eigenvalue weighted by Gasteiger charge is 2.13. The molecule has 0 fully saturated rings. The summed E-state index contributed by atoms with van der Waals surface area (Å²) in [6.45, 7) is 7.19. The zero-order chi connectivity index (χ0) is 21.8. The minimum absolute atomic E-state index is 0.0460. The fourth-order valence-electron chi connectivity index (χ4n) is 2.04. The van der Waals surface area contributed by atoms with E-state index in [1.54, 1.807) is 13.8 Å². The van der Waals surface area contributed by atoms with Gasteiger partial charge < -0.3 is 5.73 Å². The predicted molar refractivity (Wildman–Crippen MR) is 112 cm³/mol. The molecule has 0 aliphatic heterocycles. The molecule has 154 valence electrons. The van der Waals surface area contributed by atoms with Gasteiger partial charge in [0.2, 0.25) is 0 Å². The molecule has 0 bridgehead atoms. The molecule has 0 spiro atoms. The Bertz CT molecular complexity index is 1140. The predicted octanol–water partition coefficient (Wildman–Crippen LogP) is 2.50. The first-order chi connectivity index (χ1) is 14.3. The summed E-state index contributed by atoms with van der Waals surface area (Å²) in [5.41, 5.74) is 8.45. The first-order valence-electron chi connectivity index (χ1n) is 8.22. The summed E-state index contributed by atoms with van der Waals surface area (Å²) >= 11 is 6.76. The Morgan fingerprint density at radius 1 is 0.867 bits per heavy atom. The zero-order valence-corrected chi connectivity index (χ0v) is 19.3. The van der Waals surface area contributed by atoms with Gasteiger partial charge in [-0.1, -0.05) is 0 Å². The molecular formula is C14H14Br2N14. The van der Waals surface area contributed by atoms with Crippen LogP contribution in [0.2, 0.25) is 0 Å². The number of nitrogens with two attached hydrogens (primary N) is 1. The van der Waals surface area contributed by atoms with E-state index in [-0.39, 0.29) is 23.8 Å². The molecule has 0 amide bonds. The summed E-state index contributed by atoms with van der Waals surface area (Å²) in [4.78, 5) is 4.15. The molecule has 14 nitrogen and oxygen atoms in total. The highest BCUT2D eigenvalue weighted by molar-refractivity contribution is 9.12. The van der Waals surface area contributed by atoms with Crippen LogP contribution in [-0.4, -0.2) is 56.3 Å². The highest BCUT2D eigenvalue weighted by Crippen LogP contribution is 2.21. The van der Waals surface area contributed by atoms with Gasteiger partial charge >= 0.3 is 11.9 Å². The van der Waals surface area contributed by atoms with Crippen LogP contribution >= 0.6 is 31.9 Å². The second kappa shape index (κ2) is 9.12. The molecular weight excluding hydrogens is 524 g/mol. The van der Waals surface area contributed by atoms with E-state index in [0.717, 1.165) is 15.9 Å². The van der Waals surface area contributed by atoms with E-state index < -0.39 is 0 Å². The fourth-order valence-corrected chi connectivity index (χ4v) is 2.38. The van der Waals surface area contributed by atoms with Crippen LogP contribution in [0.4, 0.5) is 17.8 Å². The maximum Gasteiger partial charge on any atom is 0.306 e. The van der Waals surface area contributed by atoms with Crippen molar-refractivity contribution >= 4 is 55.4 Å². The van der Waals surface area contributed by atoms with Crippen molar-refractivity contribution in [1.29, 1.82) is 0 Å². The first-order valence-corrected chi connectivity index (χ1v) is 9.81. The number of nitrogens with zero attached hydrogens (tertiary/aromatic N) is 13. The van der Waals surface area contributed by atoms with Gasteiger partial charge in [-0.05, 0) is 59.6 Å². The minimum atomic E-state index is -0.105. The van der Waals surface area contributed by atoms with Crippen LogP contribution in [-0.2, 0) is 0 Å². The van der Waals surface area contributed by atoms with Crippen molar-refractivity contribution in [2.75, 3.05) is 0 Å². The van der Waals surface area contributed by atoms with Crippen molar-refractivity contribution in [2.45, 2.75) is 27.7 Å². The van der Waals surface area contributed by atoms with Gasteiger partial charge in [0.25, 0.3) is 11.9 Å². The molecule has 3 aromatic heterocycles. The lowest BCUT2D eigenvalue weighted by Gasteiger charge is -2.00. The van der Waals surface area contributed by atoms with E-state index in [1.807, 2.05) is 13.8 Å². The van der Waals surface area contributed by atoms with Gasteiger partial charge in [-0.15, -0.1) is 51.0 Å². The molecule has 3 heterocycles. The summed E-state index contributed by atoms with van der Waals surface area (Å²) < 4.78 is 3.01. The Balaban J connectivity index is 1.72. The summed E-state index contributed by atoms with van der Waals surface area (Å²) in [5.74, 6) is 0.0507. The Labute approximate surface area is 186 Å². The fraction of sp³-hybridized carbons (Fsp3) is 0.286. The molecule has 0 aliphatic rings. The molecule has 3 aromatic rings. The monoisotopic (exact) mass is 536 g/mol. The third-order valence-corrected chi connectivity index (χ3v) is 5.82. The van der Waals surface area contributed by atoms with Crippen LogP contribution in [0, 0.1) is 13.8 Å². The zero-order valence-electron chi connectivity index (χ0n) is 16.1. The van der Waals surface area contributed by atoms with Crippen molar-refractivity contribution in [3.63, 3.8) is 0 Å². The molecule has 0 aromatic carbocycles. The molecule has 30 heavy (non-hydrogen) atoms. The van der Waals surface area contributed by atoms with Crippen molar-refractivity contribution < 1.29 is 0 Å². The molecule has 0 saturated carbocycles. The van der Waals surface area contributed by atoms with Crippen LogP contribution in [0.25, 0.3) is 5.95 Å². The molecule has 0 atom stereocenters. The van der Waals surface area contributed by atoms with E-state index in [4.69, 9.17) is 5.73 Å². The molecule has 0 unspecified atom stereocenters. The van der Waals surface area contributed by atoms with Crippen molar-refractivity contribution in [1.82, 2.24) is 50.6 Å². The summed E-state index contributed by atoms with van der Waals surface area (Å²) in [6.07, 6.45) is 0. The number of aryl methyl sites for hydroxylation is 1. The summed E-state index contributed by atoms with van der Waals surface area (Å²) in [7, 11) is 0. The average molecular weight is 538 g/mol. The van der Waals surface area contributed by atoms with E-state index in [0.29, 0.717) is 15.9 Å². The minimum Gasteiger partial charge on any atom is -0.401 e. The second-order valence-electron chi connectivity index (χ2n) is 5.79. The van der Waals surface area contributed by atoms with E-state index in [9.17, 15) is 0 Å². The maximum absolute atomic E-state index is 5.69. The van der Waals surface area contributed by atoms with Crippen LogP contribution in [0.15, 0.2) is 29.9 Å². The number of rotatable bonds is 5. The Hall–Kier alpha value is -3.14. The van der Waals surface area contributed by atoms with E-state index in [1.165, 1.54) is 4.68 Å². The number of allylic oxidation sites excluding steroid dienone is 2. The van der Waals surface area contributed by atoms with E-state index in [2.05, 4.69) is 93.0 Å². The van der Waals surface area contributed by atoms with Crippen LogP contribution in [0.5, 0.6) is 0 Å². The summed E-state index contributed by atoms with van der Waals surface area (Å²) in [5, 5.41) is 42.6. The van der Waals surface area contributed by atoms with Crippen LogP contribution < -0.4 is 5.73 Å². The van der Waals surface area contributed by atoms with Gasteiger partial charge in [-0.3, -0.25) is 0 Å². The first kappa shape index (κ1) is 21.6. The Morgan fingerprint density at radius 2 is 1.37 bits per heavy atom. The molecule has 3 rings (SSSR count). The Morgan fingerprint density at radius 3 is 1.83 bits per heavy atom. The number of aliphatic imine (C=N–C) groups is 1. The van der Waals surface area contributed by atoms with Crippen LogP contribution in [0.1, 0.15) is 25.2 Å². The van der Waals surface area contributed by atoms with Gasteiger partial charge in [0, 0.05) is 5.70 Å². The van der Waals surface area contributed by atoms with Crippen molar-refractivity contribution in [3.05, 3.63) is 26.0 Å². The second-order valence-corrected chi connectivity index (χ2v) is 7.38. The van der Waals surface area contributed by atoms with Gasteiger partial charge in [0.05, 0.1) is 26.1 Å². The third-order valence-electron chi connectivity index (χ3n) is 3.47. The van der Waals surface area contributed by atoms with Gasteiger partial charge in [-0.25, -0.2) is 4.99 Å². The normalized spacial score (nSPS) is 13.1. The SMILES string of the molecule is CC(=Nc1nnc(N=Nc2nnc(-n3nc(C)c(Br)c3C)nn2)nn1)C(Br)=C(C)N. The lowest BCUT2D eigenvalue weighted by Crippen LogP contribution is -2.07. The molecule has 0 saturated heterocycles. The lowest BCUT2D eigenvalue weighted by molar-refractivity contribution is 0.706. The van der Waals surface area contributed by atoms with Gasteiger partial charge in [0.15, 0.2) is 0 Å². The van der Waals surface area contributed by atoms with Crippen molar-refractivity contribution in [3.8, 4) is 5.95 Å². The van der Waals surface area contributed by atoms with Gasteiger partial charge in [-0.2, -0.15) is 9.78 Å². The smallest absolute Gasteiger partial charge is 0.306 e. The number of hydrogen-bond donors (Lipinski definition) is 1. The number of halogens is 2. The van der Waals surface area contributed by atoms with Crippen molar-refractivity contribution in [2.24, 2.45) is 21.0 Å². The Kier molecular flexibility index (Phi) is 6.56. The van der Waals surface area contributed by atoms with Gasteiger partial charge in [0.1, 0.15) is 0 Å². The largest absolute Gasteiger partial charge is 0.401 e. The van der Waals surface area contributed by atoms with E-state index >= 15 is 0 Å². The quantitative estimate of drug-likeness (QED) is 0.374. The number of azo groups is 1. The molecule has 16 heteroatoms. The third kappa shape index (κ3) is 4.88. The maximum atomic E-state index is 5.69. The molecule has 0 radical (unpaired) electrons. The van der Waals surface area contributed by atoms with Crippen LogP contribution in [0.3, 0.4) is 0 Å². The lowest BCUT2D eigenvalue weighted by atomic mass is 10.3. The molecule has 2 N–H and O–H groups in total. The number of aromatic nitrogens is 10. The summed E-state index contributed by atoms with van der Waals surface area (Å²) in [6, 6.07) is 0. The average Bonchev–Trinajstić information content (AvgIpc) is 3.00.